The summed E-state index contributed by atoms with van der Waals surface area (Å²) in [4.78, 5) is 0.948. The SMILES string of the molecule is BrC1[C@@H]2[C@H]3CC[C@H](C3)[C@H]12. The van der Waals surface area contributed by atoms with E-state index >= 15 is 0 Å². The van der Waals surface area contributed by atoms with Gasteiger partial charge in [0.15, 0.2) is 0 Å². The Bertz CT molecular complexity index is 135. The van der Waals surface area contributed by atoms with Crippen molar-refractivity contribution in [2.75, 3.05) is 0 Å². The Morgan fingerprint density at radius 3 is 2.00 bits per heavy atom. The highest BCUT2D eigenvalue weighted by Crippen LogP contribution is 2.68. The first kappa shape index (κ1) is 5.17. The second kappa shape index (κ2) is 1.39. The molecule has 0 radical (unpaired) electrons. The number of rotatable bonds is 0. The van der Waals surface area contributed by atoms with Crippen molar-refractivity contribution in [3.63, 3.8) is 0 Å². The van der Waals surface area contributed by atoms with E-state index in [2.05, 4.69) is 15.9 Å². The minimum Gasteiger partial charge on any atom is -0.0884 e. The standard InChI is InChI=1S/C8H11Br/c9-8-6-4-1-2-5(3-4)7(6)8/h4-8H,1-3H2/t4-,5+,6+,7-,8?. The molecule has 2 bridgehead atoms. The second-order valence-electron chi connectivity index (χ2n) is 3.93. The fourth-order valence-electron chi connectivity index (χ4n) is 3.22. The zero-order valence-electron chi connectivity index (χ0n) is 5.39. The molecule has 0 aromatic rings. The minimum absolute atomic E-state index is 0.948. The van der Waals surface area contributed by atoms with Gasteiger partial charge in [-0.15, -0.1) is 0 Å². The van der Waals surface area contributed by atoms with Gasteiger partial charge in [-0.05, 0) is 42.9 Å². The Hall–Kier alpha value is 0.480. The van der Waals surface area contributed by atoms with Crippen LogP contribution in [-0.2, 0) is 0 Å². The van der Waals surface area contributed by atoms with Gasteiger partial charge in [0.25, 0.3) is 0 Å². The van der Waals surface area contributed by atoms with Gasteiger partial charge >= 0.3 is 0 Å². The average Bonchev–Trinajstić information content (AvgIpc) is 2.29. The van der Waals surface area contributed by atoms with Gasteiger partial charge in [-0.2, -0.15) is 0 Å². The molecule has 0 aliphatic heterocycles. The molecule has 3 aliphatic rings. The summed E-state index contributed by atoms with van der Waals surface area (Å²) in [5.41, 5.74) is 0. The highest BCUT2D eigenvalue weighted by atomic mass is 79.9. The van der Waals surface area contributed by atoms with Gasteiger partial charge in [-0.25, -0.2) is 0 Å². The maximum absolute atomic E-state index is 3.75. The first-order valence-corrected chi connectivity index (χ1v) is 4.93. The predicted octanol–water partition coefficient (Wildman–Crippen LogP) is 2.43. The van der Waals surface area contributed by atoms with Gasteiger partial charge in [-0.1, -0.05) is 15.9 Å². The van der Waals surface area contributed by atoms with Crippen molar-refractivity contribution in [3.05, 3.63) is 0 Å². The molecule has 9 heavy (non-hydrogen) atoms. The van der Waals surface area contributed by atoms with Gasteiger partial charge in [-0.3, -0.25) is 0 Å². The zero-order valence-corrected chi connectivity index (χ0v) is 6.97. The lowest BCUT2D eigenvalue weighted by molar-refractivity contribution is 0.456. The molecule has 3 aliphatic carbocycles. The van der Waals surface area contributed by atoms with Gasteiger partial charge in [0.1, 0.15) is 0 Å². The number of fused-ring (bicyclic) bond motifs is 5. The Labute approximate surface area is 64.1 Å². The minimum atomic E-state index is 0.948. The molecular formula is C8H11Br. The van der Waals surface area contributed by atoms with E-state index in [0.717, 1.165) is 28.5 Å². The molecule has 1 heteroatoms. The first-order valence-electron chi connectivity index (χ1n) is 4.02. The fraction of sp³-hybridized carbons (Fsp3) is 1.00. The predicted molar refractivity (Wildman–Crippen MR) is 40.5 cm³/mol. The van der Waals surface area contributed by atoms with Crippen molar-refractivity contribution in [2.45, 2.75) is 24.1 Å². The summed E-state index contributed by atoms with van der Waals surface area (Å²) in [5, 5.41) is 0. The smallest absolute Gasteiger partial charge is 0.0213 e. The summed E-state index contributed by atoms with van der Waals surface area (Å²) in [6.45, 7) is 0. The third-order valence-corrected chi connectivity index (χ3v) is 4.86. The Morgan fingerprint density at radius 2 is 1.56 bits per heavy atom. The van der Waals surface area contributed by atoms with E-state index in [1.165, 1.54) is 0 Å². The van der Waals surface area contributed by atoms with Crippen LogP contribution in [-0.4, -0.2) is 4.83 Å². The number of hydrogen-bond donors (Lipinski definition) is 0. The van der Waals surface area contributed by atoms with Crippen LogP contribution in [0.4, 0.5) is 0 Å². The Kier molecular flexibility index (Phi) is 0.798. The molecule has 0 N–H and O–H groups in total. The third kappa shape index (κ3) is 0.472. The molecule has 0 heterocycles. The monoisotopic (exact) mass is 186 g/mol. The maximum Gasteiger partial charge on any atom is 0.0213 e. The van der Waals surface area contributed by atoms with Crippen LogP contribution < -0.4 is 0 Å². The molecule has 0 spiro atoms. The average molecular weight is 187 g/mol. The van der Waals surface area contributed by atoms with Crippen LogP contribution >= 0.6 is 15.9 Å². The molecule has 0 aromatic heterocycles. The summed E-state index contributed by atoms with van der Waals surface area (Å²) >= 11 is 3.75. The van der Waals surface area contributed by atoms with Gasteiger partial charge in [0, 0.05) is 4.83 Å². The fourth-order valence-corrected chi connectivity index (χ4v) is 4.61. The molecule has 0 aromatic carbocycles. The van der Waals surface area contributed by atoms with Crippen LogP contribution in [0.25, 0.3) is 0 Å². The van der Waals surface area contributed by atoms with E-state index in [9.17, 15) is 0 Å². The van der Waals surface area contributed by atoms with Crippen molar-refractivity contribution in [1.29, 1.82) is 0 Å². The first-order chi connectivity index (χ1) is 4.38. The number of halogens is 1. The third-order valence-electron chi connectivity index (χ3n) is 3.64. The highest BCUT2D eigenvalue weighted by Gasteiger charge is 2.63. The van der Waals surface area contributed by atoms with E-state index in [-0.39, 0.29) is 0 Å². The summed E-state index contributed by atoms with van der Waals surface area (Å²) in [6, 6.07) is 0. The summed E-state index contributed by atoms with van der Waals surface area (Å²) < 4.78 is 0. The lowest BCUT2D eigenvalue weighted by Gasteiger charge is -2.04. The van der Waals surface area contributed by atoms with Crippen molar-refractivity contribution in [3.8, 4) is 0 Å². The molecule has 50 valence electrons. The summed E-state index contributed by atoms with van der Waals surface area (Å²) in [6.07, 6.45) is 4.68. The van der Waals surface area contributed by atoms with E-state index in [4.69, 9.17) is 0 Å². The highest BCUT2D eigenvalue weighted by molar-refractivity contribution is 9.09. The second-order valence-corrected chi connectivity index (χ2v) is 4.99. The number of alkyl halides is 1. The topological polar surface area (TPSA) is 0 Å². The van der Waals surface area contributed by atoms with Crippen molar-refractivity contribution < 1.29 is 0 Å². The maximum atomic E-state index is 3.75. The lowest BCUT2D eigenvalue weighted by Crippen LogP contribution is -1.95. The molecule has 1 unspecified atom stereocenters. The van der Waals surface area contributed by atoms with Crippen LogP contribution in [0.2, 0.25) is 0 Å². The molecule has 3 saturated carbocycles. The Morgan fingerprint density at radius 1 is 1.00 bits per heavy atom. The van der Waals surface area contributed by atoms with E-state index in [1.807, 2.05) is 0 Å². The van der Waals surface area contributed by atoms with Crippen LogP contribution in [0.1, 0.15) is 19.3 Å². The molecule has 5 atom stereocenters. The molecule has 0 saturated heterocycles. The molecule has 0 amide bonds. The molecule has 3 rings (SSSR count). The zero-order chi connectivity index (χ0) is 6.01. The van der Waals surface area contributed by atoms with Gasteiger partial charge < -0.3 is 0 Å². The van der Waals surface area contributed by atoms with E-state index < -0.39 is 0 Å². The molecular weight excluding hydrogens is 176 g/mol. The van der Waals surface area contributed by atoms with E-state index in [1.54, 1.807) is 19.3 Å². The summed E-state index contributed by atoms with van der Waals surface area (Å²) in [5.74, 6) is 4.54. The normalized spacial score (nSPS) is 68.3. The van der Waals surface area contributed by atoms with Gasteiger partial charge in [0.2, 0.25) is 0 Å². The lowest BCUT2D eigenvalue weighted by atomic mass is 10.0. The quantitative estimate of drug-likeness (QED) is 0.511. The van der Waals surface area contributed by atoms with Crippen LogP contribution in [0, 0.1) is 23.7 Å². The summed E-state index contributed by atoms with van der Waals surface area (Å²) in [7, 11) is 0. The van der Waals surface area contributed by atoms with Crippen LogP contribution in [0.15, 0.2) is 0 Å². The van der Waals surface area contributed by atoms with Crippen LogP contribution in [0.5, 0.6) is 0 Å². The molecule has 0 nitrogen and oxygen atoms in total. The molecule has 3 fully saturated rings. The van der Waals surface area contributed by atoms with Crippen molar-refractivity contribution in [2.24, 2.45) is 23.7 Å². The van der Waals surface area contributed by atoms with Gasteiger partial charge in [0.05, 0.1) is 0 Å². The largest absolute Gasteiger partial charge is 0.0884 e. The Balaban J connectivity index is 1.96. The number of hydrogen-bond acceptors (Lipinski definition) is 0. The van der Waals surface area contributed by atoms with Crippen LogP contribution in [0.3, 0.4) is 0 Å². The van der Waals surface area contributed by atoms with Crippen molar-refractivity contribution in [1.82, 2.24) is 0 Å². The van der Waals surface area contributed by atoms with E-state index in [0.29, 0.717) is 0 Å². The van der Waals surface area contributed by atoms with Crippen molar-refractivity contribution >= 4 is 15.9 Å².